The fourth-order valence-corrected chi connectivity index (χ4v) is 3.30. The molecule has 0 aliphatic rings. The first-order chi connectivity index (χ1) is 16.8. The van der Waals surface area contributed by atoms with Gasteiger partial charge in [0.25, 0.3) is 5.76 Å². The number of hydrogen-bond acceptors (Lipinski definition) is 7. The van der Waals surface area contributed by atoms with Crippen LogP contribution in [0.1, 0.15) is 5.76 Å². The quantitative estimate of drug-likeness (QED) is 0.245. The van der Waals surface area contributed by atoms with Crippen molar-refractivity contribution in [2.75, 3.05) is 26.9 Å². The summed E-state index contributed by atoms with van der Waals surface area (Å²) in [5.74, 6) is -3.19. The van der Waals surface area contributed by atoms with Crippen molar-refractivity contribution in [3.8, 4) is 17.2 Å². The minimum Gasteiger partial charge on any atom is -0.482 e. The monoisotopic (exact) mass is 488 g/mol. The van der Waals surface area contributed by atoms with Crippen LogP contribution in [-0.2, 0) is 20.4 Å². The molecule has 0 N–H and O–H groups in total. The van der Waals surface area contributed by atoms with Gasteiger partial charge in [0.05, 0.1) is 12.0 Å². The van der Waals surface area contributed by atoms with Gasteiger partial charge in [-0.1, -0.05) is 30.3 Å². The third-order valence-corrected chi connectivity index (χ3v) is 4.93. The highest BCUT2D eigenvalue weighted by Crippen LogP contribution is 2.39. The van der Waals surface area contributed by atoms with Crippen LogP contribution in [0.4, 0.5) is 13.2 Å². The molecule has 0 atom stereocenters. The molecule has 0 saturated carbocycles. The van der Waals surface area contributed by atoms with Gasteiger partial charge in [-0.25, -0.2) is 4.79 Å². The Morgan fingerprint density at radius 2 is 1.69 bits per heavy atom. The fourth-order valence-electron chi connectivity index (χ4n) is 3.30. The number of halogens is 3. The highest BCUT2D eigenvalue weighted by Gasteiger charge is 2.40. The van der Waals surface area contributed by atoms with Gasteiger partial charge in [0, 0.05) is 13.2 Å². The van der Waals surface area contributed by atoms with Crippen LogP contribution in [0.3, 0.4) is 0 Å². The number of esters is 1. The molecule has 0 unspecified atom stereocenters. The molecule has 0 radical (unpaired) electrons. The summed E-state index contributed by atoms with van der Waals surface area (Å²) in [6.07, 6.45) is -5.01. The van der Waals surface area contributed by atoms with Crippen molar-refractivity contribution in [1.82, 2.24) is 0 Å². The molecule has 1 aromatic heterocycles. The molecule has 4 rings (SSSR count). The van der Waals surface area contributed by atoms with Gasteiger partial charge in [-0.05, 0) is 35.0 Å². The molecule has 1 heterocycles. The van der Waals surface area contributed by atoms with Gasteiger partial charge < -0.3 is 23.4 Å². The van der Waals surface area contributed by atoms with Gasteiger partial charge in [0.15, 0.2) is 6.61 Å². The summed E-state index contributed by atoms with van der Waals surface area (Å²) in [5, 5.41) is 1.44. The lowest BCUT2D eigenvalue weighted by Crippen LogP contribution is -2.17. The average molecular weight is 488 g/mol. The van der Waals surface area contributed by atoms with E-state index in [0.29, 0.717) is 0 Å². The Labute approximate surface area is 196 Å². The van der Waals surface area contributed by atoms with E-state index in [2.05, 4.69) is 0 Å². The van der Waals surface area contributed by atoms with E-state index in [0.717, 1.165) is 16.8 Å². The maximum absolute atomic E-state index is 13.8. The summed E-state index contributed by atoms with van der Waals surface area (Å²) in [4.78, 5) is 24.6. The molecule has 4 aromatic rings. The summed E-state index contributed by atoms with van der Waals surface area (Å²) < 4.78 is 66.7. The first kappa shape index (κ1) is 24.1. The van der Waals surface area contributed by atoms with Crippen molar-refractivity contribution in [2.24, 2.45) is 0 Å². The molecular weight excluding hydrogens is 469 g/mol. The number of benzene rings is 3. The Morgan fingerprint density at radius 1 is 0.943 bits per heavy atom. The van der Waals surface area contributed by atoms with E-state index in [1.807, 2.05) is 12.1 Å². The first-order valence-electron chi connectivity index (χ1n) is 10.4. The lowest BCUT2D eigenvalue weighted by molar-refractivity contribution is -0.154. The van der Waals surface area contributed by atoms with E-state index in [1.54, 1.807) is 18.2 Å². The van der Waals surface area contributed by atoms with E-state index in [-0.39, 0.29) is 35.7 Å². The van der Waals surface area contributed by atoms with E-state index in [4.69, 9.17) is 23.4 Å². The summed E-state index contributed by atoms with van der Waals surface area (Å²) >= 11 is 0. The zero-order chi connectivity index (χ0) is 25.0. The Balaban J connectivity index is 1.66. The van der Waals surface area contributed by atoms with Crippen LogP contribution in [0, 0.1) is 0 Å². The van der Waals surface area contributed by atoms with Crippen LogP contribution >= 0.6 is 0 Å². The van der Waals surface area contributed by atoms with Crippen LogP contribution < -0.4 is 14.9 Å². The number of carbonyl (C=O) groups is 1. The molecule has 0 saturated heterocycles. The summed E-state index contributed by atoms with van der Waals surface area (Å²) in [6.45, 7) is -0.258. The van der Waals surface area contributed by atoms with E-state index in [9.17, 15) is 22.8 Å². The van der Waals surface area contributed by atoms with Gasteiger partial charge in [0.1, 0.15) is 23.7 Å². The highest BCUT2D eigenvalue weighted by atomic mass is 19.4. The van der Waals surface area contributed by atoms with Gasteiger partial charge in [-0.15, -0.1) is 0 Å². The number of carbonyl (C=O) groups excluding carboxylic acids is 1. The van der Waals surface area contributed by atoms with Gasteiger partial charge in [-0.2, -0.15) is 13.2 Å². The Kier molecular flexibility index (Phi) is 6.92. The predicted octanol–water partition coefficient (Wildman–Crippen LogP) is 5.33. The largest absolute Gasteiger partial charge is 0.482 e. The Bertz CT molecular complexity index is 1430. The van der Waals surface area contributed by atoms with Crippen LogP contribution in [-0.4, -0.2) is 32.9 Å². The minimum atomic E-state index is -5.01. The van der Waals surface area contributed by atoms with Crippen molar-refractivity contribution < 1.29 is 41.3 Å². The number of ether oxygens (including phenoxy) is 4. The minimum absolute atomic E-state index is 0.0145. The third-order valence-electron chi connectivity index (χ3n) is 4.93. The average Bonchev–Trinajstić information content (AvgIpc) is 2.83. The highest BCUT2D eigenvalue weighted by molar-refractivity contribution is 5.84. The number of alkyl halides is 3. The van der Waals surface area contributed by atoms with Crippen molar-refractivity contribution >= 4 is 27.7 Å². The zero-order valence-electron chi connectivity index (χ0n) is 18.4. The standard InChI is InChI=1S/C25H19F3O7/c1-31-10-11-32-21(29)14-33-17-8-9-19-20(13-17)35-24(25(26,27)28)23(22(19)30)34-18-7-6-15-4-2-3-5-16(15)12-18/h2-9,12-13H,10-11,14H2,1H3. The van der Waals surface area contributed by atoms with Crippen LogP contribution in [0.15, 0.2) is 69.9 Å². The lowest BCUT2D eigenvalue weighted by atomic mass is 10.1. The molecule has 0 aliphatic carbocycles. The Morgan fingerprint density at radius 3 is 2.43 bits per heavy atom. The number of rotatable bonds is 8. The molecule has 35 heavy (non-hydrogen) atoms. The molecule has 7 nitrogen and oxygen atoms in total. The smallest absolute Gasteiger partial charge is 0.453 e. The van der Waals surface area contributed by atoms with Crippen LogP contribution in [0.25, 0.3) is 21.7 Å². The van der Waals surface area contributed by atoms with Crippen LogP contribution in [0.2, 0.25) is 0 Å². The topological polar surface area (TPSA) is 84.2 Å². The molecule has 0 bridgehead atoms. The van der Waals surface area contributed by atoms with Crippen molar-refractivity contribution in [3.05, 3.63) is 76.6 Å². The van der Waals surface area contributed by atoms with Crippen molar-refractivity contribution in [2.45, 2.75) is 6.18 Å². The molecule has 10 heteroatoms. The maximum atomic E-state index is 13.8. The second-order valence-electron chi connectivity index (χ2n) is 7.36. The molecule has 182 valence electrons. The van der Waals surface area contributed by atoms with E-state index >= 15 is 0 Å². The summed E-state index contributed by atoms with van der Waals surface area (Å²) in [6, 6.07) is 15.5. The van der Waals surface area contributed by atoms with Crippen molar-refractivity contribution in [1.29, 1.82) is 0 Å². The van der Waals surface area contributed by atoms with Gasteiger partial charge >= 0.3 is 12.1 Å². The van der Waals surface area contributed by atoms with Crippen LogP contribution in [0.5, 0.6) is 17.2 Å². The molecule has 3 aromatic carbocycles. The second kappa shape index (κ2) is 10.1. The molecule has 0 amide bonds. The van der Waals surface area contributed by atoms with Gasteiger partial charge in [-0.3, -0.25) is 4.79 Å². The third kappa shape index (κ3) is 5.55. The Hall–Kier alpha value is -4.05. The zero-order valence-corrected chi connectivity index (χ0v) is 18.4. The number of hydrogen-bond donors (Lipinski definition) is 0. The van der Waals surface area contributed by atoms with Gasteiger partial charge in [0.2, 0.25) is 11.2 Å². The second-order valence-corrected chi connectivity index (χ2v) is 7.36. The first-order valence-corrected chi connectivity index (χ1v) is 10.4. The number of methoxy groups -OCH3 is 1. The fraction of sp³-hybridized carbons (Fsp3) is 0.200. The van der Waals surface area contributed by atoms with E-state index < -0.39 is 35.7 Å². The molecule has 0 spiro atoms. The summed E-state index contributed by atoms with van der Waals surface area (Å²) in [7, 11) is 1.45. The SMILES string of the molecule is COCCOC(=O)COc1ccc2c(=O)c(Oc3ccc4ccccc4c3)c(C(F)(F)F)oc2c1. The maximum Gasteiger partial charge on any atom is 0.453 e. The molecule has 0 aliphatic heterocycles. The normalized spacial score (nSPS) is 11.5. The molecule has 0 fully saturated rings. The predicted molar refractivity (Wildman–Crippen MR) is 120 cm³/mol. The number of fused-ring (bicyclic) bond motifs is 2. The lowest BCUT2D eigenvalue weighted by Gasteiger charge is -2.14. The van der Waals surface area contributed by atoms with E-state index in [1.165, 1.54) is 31.4 Å². The summed E-state index contributed by atoms with van der Waals surface area (Å²) in [5.41, 5.74) is -1.38. The molecular formula is C25H19F3O7. The van der Waals surface area contributed by atoms with Crippen molar-refractivity contribution in [3.63, 3.8) is 0 Å².